The Morgan fingerprint density at radius 3 is 2.47 bits per heavy atom. The molecule has 2 aromatic heterocycles. The first-order valence-corrected chi connectivity index (χ1v) is 12.5. The average molecular weight is 530 g/mol. The fraction of sp³-hybridized carbons (Fsp3) is 0.304. The minimum Gasteiger partial charge on any atom is -0.368 e. The van der Waals surface area contributed by atoms with Crippen LogP contribution in [0.15, 0.2) is 41.8 Å². The van der Waals surface area contributed by atoms with Gasteiger partial charge in [0.15, 0.2) is 5.82 Å². The van der Waals surface area contributed by atoms with Gasteiger partial charge in [-0.15, -0.1) is 0 Å². The molecule has 13 heteroatoms. The van der Waals surface area contributed by atoms with Crippen LogP contribution < -0.4 is 15.5 Å². The highest BCUT2D eigenvalue weighted by atomic mass is 35.5. The lowest BCUT2D eigenvalue weighted by Crippen LogP contribution is -2.49. The molecule has 1 aromatic carbocycles. The molecule has 0 atom stereocenters. The summed E-state index contributed by atoms with van der Waals surface area (Å²) in [6.45, 7) is 4.39. The zero-order valence-corrected chi connectivity index (χ0v) is 21.0. The standard InChI is InChI=1S/C23H24ClN7O4S/c1-15(32)25-6-7-26-19-13-20(28-22(27-19)16-2-4-18(24)5-3-16)29-8-10-30(11-9-29)23(33)17-12-21(31(34)35)36-14-17/h2-5,12-14H,6-11H2,1H3,(H,25,32)(H,26,27,28). The topological polar surface area (TPSA) is 134 Å². The van der Waals surface area contributed by atoms with E-state index in [-0.39, 0.29) is 16.8 Å². The summed E-state index contributed by atoms with van der Waals surface area (Å²) in [4.78, 5) is 47.5. The van der Waals surface area contributed by atoms with Crippen LogP contribution >= 0.6 is 22.9 Å². The van der Waals surface area contributed by atoms with Gasteiger partial charge < -0.3 is 20.4 Å². The van der Waals surface area contributed by atoms with Gasteiger partial charge in [-0.3, -0.25) is 19.7 Å². The average Bonchev–Trinajstić information content (AvgIpc) is 3.37. The Morgan fingerprint density at radius 2 is 1.83 bits per heavy atom. The summed E-state index contributed by atoms with van der Waals surface area (Å²) in [6.07, 6.45) is 0. The first-order valence-electron chi connectivity index (χ1n) is 11.2. The Labute approximate surface area is 216 Å². The fourth-order valence-electron chi connectivity index (χ4n) is 3.70. The quantitative estimate of drug-likeness (QED) is 0.258. The molecule has 1 aliphatic heterocycles. The van der Waals surface area contributed by atoms with Gasteiger partial charge in [-0.2, -0.15) is 0 Å². The third-order valence-electron chi connectivity index (χ3n) is 5.52. The normalized spacial score (nSPS) is 13.4. The molecule has 11 nitrogen and oxygen atoms in total. The molecular formula is C23H24ClN7O4S. The smallest absolute Gasteiger partial charge is 0.324 e. The van der Waals surface area contributed by atoms with Crippen LogP contribution in [-0.4, -0.2) is 70.9 Å². The van der Waals surface area contributed by atoms with Crippen LogP contribution in [0.25, 0.3) is 11.4 Å². The Bertz CT molecular complexity index is 1260. The van der Waals surface area contributed by atoms with E-state index in [0.29, 0.717) is 67.3 Å². The van der Waals surface area contributed by atoms with E-state index in [2.05, 4.69) is 20.5 Å². The van der Waals surface area contributed by atoms with Crippen molar-refractivity contribution >= 4 is 51.4 Å². The first-order chi connectivity index (χ1) is 17.3. The van der Waals surface area contributed by atoms with Gasteiger partial charge >= 0.3 is 5.00 Å². The molecule has 0 unspecified atom stereocenters. The number of hydrogen-bond acceptors (Lipinski definition) is 9. The predicted molar refractivity (Wildman–Crippen MR) is 139 cm³/mol. The summed E-state index contributed by atoms with van der Waals surface area (Å²) in [5, 5.41) is 19.0. The SMILES string of the molecule is CC(=O)NCCNc1cc(N2CCN(C(=O)c3csc([N+](=O)[O-])c3)CC2)nc(-c2ccc(Cl)cc2)n1. The Kier molecular flexibility index (Phi) is 7.96. The second-order valence-electron chi connectivity index (χ2n) is 8.06. The van der Waals surface area contributed by atoms with Crippen molar-refractivity contribution in [2.75, 3.05) is 49.5 Å². The second-order valence-corrected chi connectivity index (χ2v) is 9.39. The second kappa shape index (κ2) is 11.3. The van der Waals surface area contributed by atoms with Gasteiger partial charge in [-0.25, -0.2) is 9.97 Å². The number of rotatable bonds is 8. The number of hydrogen-bond donors (Lipinski definition) is 2. The molecule has 3 heterocycles. The number of carbonyl (C=O) groups excluding carboxylic acids is 2. The summed E-state index contributed by atoms with van der Waals surface area (Å²) in [7, 11) is 0. The zero-order valence-electron chi connectivity index (χ0n) is 19.4. The van der Waals surface area contributed by atoms with Crippen molar-refractivity contribution < 1.29 is 14.5 Å². The van der Waals surface area contributed by atoms with Crippen LogP contribution in [0.5, 0.6) is 0 Å². The number of thiophene rings is 1. The largest absolute Gasteiger partial charge is 0.368 e. The molecule has 4 rings (SSSR count). The molecule has 3 aromatic rings. The Morgan fingerprint density at radius 1 is 1.11 bits per heavy atom. The van der Waals surface area contributed by atoms with Crippen LogP contribution in [0.1, 0.15) is 17.3 Å². The molecule has 2 amide bonds. The first kappa shape index (κ1) is 25.3. The molecule has 0 bridgehead atoms. The van der Waals surface area contributed by atoms with Crippen molar-refractivity contribution in [3.05, 3.63) is 62.5 Å². The highest BCUT2D eigenvalue weighted by molar-refractivity contribution is 7.13. The number of halogens is 1. The molecule has 36 heavy (non-hydrogen) atoms. The predicted octanol–water partition coefficient (Wildman–Crippen LogP) is 3.28. The molecule has 1 aliphatic rings. The van der Waals surface area contributed by atoms with Crippen molar-refractivity contribution in [1.29, 1.82) is 0 Å². The highest BCUT2D eigenvalue weighted by Crippen LogP contribution is 2.26. The number of amides is 2. The molecule has 1 fully saturated rings. The Balaban J connectivity index is 1.48. The number of benzene rings is 1. The lowest BCUT2D eigenvalue weighted by Gasteiger charge is -2.35. The van der Waals surface area contributed by atoms with E-state index >= 15 is 0 Å². The summed E-state index contributed by atoms with van der Waals surface area (Å²) < 4.78 is 0. The summed E-state index contributed by atoms with van der Waals surface area (Å²) in [6, 6.07) is 10.4. The van der Waals surface area contributed by atoms with Gasteiger partial charge in [0.2, 0.25) is 5.91 Å². The van der Waals surface area contributed by atoms with E-state index in [1.54, 1.807) is 17.0 Å². The maximum absolute atomic E-state index is 12.8. The number of nitrogens with zero attached hydrogens (tertiary/aromatic N) is 5. The molecular weight excluding hydrogens is 506 g/mol. The zero-order chi connectivity index (χ0) is 25.7. The molecule has 0 spiro atoms. The van der Waals surface area contributed by atoms with E-state index < -0.39 is 4.92 Å². The lowest BCUT2D eigenvalue weighted by atomic mass is 10.2. The molecule has 188 valence electrons. The highest BCUT2D eigenvalue weighted by Gasteiger charge is 2.25. The number of nitrogens with one attached hydrogen (secondary N) is 2. The maximum atomic E-state index is 12.8. The van der Waals surface area contributed by atoms with E-state index in [4.69, 9.17) is 16.6 Å². The van der Waals surface area contributed by atoms with Crippen molar-refractivity contribution in [3.63, 3.8) is 0 Å². The van der Waals surface area contributed by atoms with Gasteiger partial charge in [0.05, 0.1) is 10.5 Å². The van der Waals surface area contributed by atoms with E-state index in [9.17, 15) is 19.7 Å². The minimum absolute atomic E-state index is 0.0498. The van der Waals surface area contributed by atoms with Gasteiger partial charge in [0, 0.05) is 74.3 Å². The molecule has 0 aliphatic carbocycles. The lowest BCUT2D eigenvalue weighted by molar-refractivity contribution is -0.380. The number of carbonyl (C=O) groups is 2. The number of nitro groups is 1. The monoisotopic (exact) mass is 529 g/mol. The van der Waals surface area contributed by atoms with Crippen molar-refractivity contribution in [2.24, 2.45) is 0 Å². The molecule has 0 saturated carbocycles. The van der Waals surface area contributed by atoms with Gasteiger partial charge in [-0.1, -0.05) is 22.9 Å². The van der Waals surface area contributed by atoms with Gasteiger partial charge in [0.1, 0.15) is 11.6 Å². The van der Waals surface area contributed by atoms with Crippen molar-refractivity contribution in [1.82, 2.24) is 20.2 Å². The van der Waals surface area contributed by atoms with Crippen LogP contribution in [-0.2, 0) is 4.79 Å². The molecule has 2 N–H and O–H groups in total. The third kappa shape index (κ3) is 6.26. The van der Waals surface area contributed by atoms with Crippen LogP contribution in [0.4, 0.5) is 16.6 Å². The van der Waals surface area contributed by atoms with Gasteiger partial charge in [-0.05, 0) is 24.3 Å². The van der Waals surface area contributed by atoms with E-state index in [1.165, 1.54) is 18.4 Å². The summed E-state index contributed by atoms with van der Waals surface area (Å²) in [5.41, 5.74) is 1.14. The van der Waals surface area contributed by atoms with E-state index in [1.807, 2.05) is 18.2 Å². The van der Waals surface area contributed by atoms with Gasteiger partial charge in [0.25, 0.3) is 5.91 Å². The maximum Gasteiger partial charge on any atom is 0.324 e. The molecule has 1 saturated heterocycles. The van der Waals surface area contributed by atoms with Crippen molar-refractivity contribution in [3.8, 4) is 11.4 Å². The fourth-order valence-corrected chi connectivity index (χ4v) is 4.52. The number of anilines is 2. The van der Waals surface area contributed by atoms with Crippen molar-refractivity contribution in [2.45, 2.75) is 6.92 Å². The van der Waals surface area contributed by atoms with Crippen LogP contribution in [0.3, 0.4) is 0 Å². The van der Waals surface area contributed by atoms with Crippen LogP contribution in [0.2, 0.25) is 5.02 Å². The van der Waals surface area contributed by atoms with Crippen LogP contribution in [0, 0.1) is 10.1 Å². The number of aromatic nitrogens is 2. The van der Waals surface area contributed by atoms with E-state index in [0.717, 1.165) is 16.9 Å². The summed E-state index contributed by atoms with van der Waals surface area (Å²) >= 11 is 6.98. The number of piperazine rings is 1. The summed E-state index contributed by atoms with van der Waals surface area (Å²) in [5.74, 6) is 1.51. The third-order valence-corrected chi connectivity index (χ3v) is 6.66. The Hall–Kier alpha value is -3.77. The molecule has 0 radical (unpaired) electrons. The minimum atomic E-state index is -0.492.